The van der Waals surface area contributed by atoms with Crippen molar-refractivity contribution in [3.8, 4) is 11.4 Å². The molecular formula is C32H34N2Si. The van der Waals surface area contributed by atoms with Crippen molar-refractivity contribution in [3.05, 3.63) is 118 Å². The van der Waals surface area contributed by atoms with Crippen LogP contribution in [0.15, 0.2) is 83.9 Å². The molecule has 0 saturated heterocycles. The van der Waals surface area contributed by atoms with Crippen molar-refractivity contribution >= 4 is 20.2 Å². The molecule has 2 heterocycles. The zero-order valence-electron chi connectivity index (χ0n) is 21.6. The lowest BCUT2D eigenvalue weighted by Crippen LogP contribution is -2.42. The van der Waals surface area contributed by atoms with Crippen molar-refractivity contribution < 1.29 is 0 Å². The lowest BCUT2D eigenvalue weighted by molar-refractivity contribution is 0.964. The van der Waals surface area contributed by atoms with Crippen LogP contribution in [0.5, 0.6) is 0 Å². The Hall–Kier alpha value is -3.30. The smallest absolute Gasteiger partial charge is 0.0723 e. The molecule has 0 amide bonds. The molecule has 2 unspecified atom stereocenters. The van der Waals surface area contributed by atoms with Crippen LogP contribution in [0.1, 0.15) is 58.8 Å². The van der Waals surface area contributed by atoms with E-state index in [0.29, 0.717) is 11.1 Å². The molecule has 0 spiro atoms. The number of rotatable bonds is 4. The fraction of sp³-hybridized carbons (Fsp3) is 0.250. The van der Waals surface area contributed by atoms with Crippen LogP contribution < -0.4 is 0 Å². The van der Waals surface area contributed by atoms with Crippen LogP contribution in [-0.4, -0.2) is 17.2 Å². The molecule has 176 valence electrons. The Morgan fingerprint density at radius 1 is 0.571 bits per heavy atom. The maximum Gasteiger partial charge on any atom is 0.0723 e. The molecule has 4 aromatic rings. The number of allylic oxidation sites excluding steroid dienone is 2. The molecule has 2 aliphatic rings. The number of hydrogen-bond acceptors (Lipinski definition) is 0. The number of hydrogen-bond donors (Lipinski definition) is 0. The first kappa shape index (κ1) is 22.2. The summed E-state index contributed by atoms with van der Waals surface area (Å²) >= 11 is 0. The Morgan fingerprint density at radius 3 is 1.31 bits per heavy atom. The predicted molar refractivity (Wildman–Crippen MR) is 151 cm³/mol. The van der Waals surface area contributed by atoms with Crippen LogP contribution in [0.4, 0.5) is 0 Å². The van der Waals surface area contributed by atoms with Crippen LogP contribution >= 0.6 is 0 Å². The van der Waals surface area contributed by atoms with Crippen molar-refractivity contribution in [1.29, 1.82) is 0 Å². The van der Waals surface area contributed by atoms with Crippen LogP contribution in [0, 0.1) is 13.8 Å². The number of nitrogens with zero attached hydrogens (tertiary/aromatic N) is 2. The highest BCUT2D eigenvalue weighted by atomic mass is 28.3. The summed E-state index contributed by atoms with van der Waals surface area (Å²) < 4.78 is 4.89. The third kappa shape index (κ3) is 3.21. The Morgan fingerprint density at radius 2 is 0.943 bits per heavy atom. The van der Waals surface area contributed by atoms with Crippen LogP contribution in [0.25, 0.3) is 23.5 Å². The van der Waals surface area contributed by atoms with Crippen molar-refractivity contribution in [2.45, 2.75) is 51.9 Å². The average molecular weight is 475 g/mol. The van der Waals surface area contributed by atoms with Crippen LogP contribution in [-0.2, 0) is 0 Å². The number of fused-ring (bicyclic) bond motifs is 2. The van der Waals surface area contributed by atoms with Crippen LogP contribution in [0.3, 0.4) is 0 Å². The fourth-order valence-electron chi connectivity index (χ4n) is 7.19. The summed E-state index contributed by atoms with van der Waals surface area (Å²) in [5.41, 5.74) is 15.1. The fourth-order valence-corrected chi connectivity index (χ4v) is 12.1. The van der Waals surface area contributed by atoms with Crippen molar-refractivity contribution in [1.82, 2.24) is 9.13 Å². The standard InChI is InChI=1S/C32H34N2Si/c1-21-17-29-27(19-23(3)33(29)25-13-9-7-10-14-25)31(21)35(5,6)32-22(2)18-30-28(32)20-24(4)34(30)26-15-11-8-12-16-26/h7-20,31-32H,1-6H3. The molecule has 0 fully saturated rings. The minimum absolute atomic E-state index is 0.515. The number of benzene rings is 2. The molecule has 2 nitrogen and oxygen atoms in total. The summed E-state index contributed by atoms with van der Waals surface area (Å²) in [6, 6.07) is 26.5. The maximum atomic E-state index is 2.62. The summed E-state index contributed by atoms with van der Waals surface area (Å²) in [5, 5.41) is 0. The van der Waals surface area contributed by atoms with E-state index in [9.17, 15) is 0 Å². The maximum absolute atomic E-state index is 2.62. The minimum atomic E-state index is -1.85. The first-order valence-electron chi connectivity index (χ1n) is 12.7. The monoisotopic (exact) mass is 474 g/mol. The quantitative estimate of drug-likeness (QED) is 0.263. The van der Waals surface area contributed by atoms with Gasteiger partial charge < -0.3 is 9.13 Å². The summed E-state index contributed by atoms with van der Waals surface area (Å²) in [6.45, 7) is 14.5. The zero-order chi connectivity index (χ0) is 24.5. The predicted octanol–water partition coefficient (Wildman–Crippen LogP) is 8.37. The van der Waals surface area contributed by atoms with Gasteiger partial charge in [-0.3, -0.25) is 0 Å². The third-order valence-corrected chi connectivity index (χ3v) is 12.8. The van der Waals surface area contributed by atoms with E-state index in [1.807, 2.05) is 0 Å². The van der Waals surface area contributed by atoms with Gasteiger partial charge in [-0.15, -0.1) is 0 Å². The number of para-hydroxylation sites is 2. The van der Waals surface area contributed by atoms with E-state index in [0.717, 1.165) is 0 Å². The second-order valence-electron chi connectivity index (χ2n) is 11.1. The van der Waals surface area contributed by atoms with E-state index in [1.54, 1.807) is 0 Å². The first-order valence-corrected chi connectivity index (χ1v) is 15.9. The zero-order valence-corrected chi connectivity index (χ0v) is 22.6. The van der Waals surface area contributed by atoms with Gasteiger partial charge in [0, 0.05) is 45.2 Å². The van der Waals surface area contributed by atoms with E-state index < -0.39 is 8.07 Å². The third-order valence-electron chi connectivity index (χ3n) is 8.29. The van der Waals surface area contributed by atoms with Gasteiger partial charge in [0.25, 0.3) is 0 Å². The van der Waals surface area contributed by atoms with Gasteiger partial charge >= 0.3 is 0 Å². The van der Waals surface area contributed by atoms with Gasteiger partial charge in [-0.2, -0.15) is 0 Å². The average Bonchev–Trinajstić information content (AvgIpc) is 3.50. The van der Waals surface area contributed by atoms with E-state index in [1.165, 1.54) is 56.4 Å². The van der Waals surface area contributed by atoms with Crippen molar-refractivity contribution in [2.75, 3.05) is 0 Å². The molecule has 0 radical (unpaired) electrons. The minimum Gasteiger partial charge on any atom is -0.314 e. The Bertz CT molecular complexity index is 1380. The second-order valence-corrected chi connectivity index (χ2v) is 15.9. The molecule has 2 aromatic heterocycles. The van der Waals surface area contributed by atoms with E-state index >= 15 is 0 Å². The van der Waals surface area contributed by atoms with Gasteiger partial charge in [-0.05, 0) is 87.4 Å². The lowest BCUT2D eigenvalue weighted by atomic mass is 10.1. The van der Waals surface area contributed by atoms with Crippen molar-refractivity contribution in [3.63, 3.8) is 0 Å². The lowest BCUT2D eigenvalue weighted by Gasteiger charge is -2.38. The molecule has 0 saturated carbocycles. The van der Waals surface area contributed by atoms with Gasteiger partial charge in [0.15, 0.2) is 0 Å². The van der Waals surface area contributed by atoms with E-state index in [4.69, 9.17) is 0 Å². The first-order chi connectivity index (χ1) is 16.8. The normalized spacial score (nSPS) is 18.9. The molecule has 2 aromatic carbocycles. The van der Waals surface area contributed by atoms with E-state index in [2.05, 4.69) is 135 Å². The number of aromatic nitrogens is 2. The Labute approximate surface area is 210 Å². The van der Waals surface area contributed by atoms with Gasteiger partial charge in [0.1, 0.15) is 0 Å². The highest BCUT2D eigenvalue weighted by Crippen LogP contribution is 2.53. The molecule has 35 heavy (non-hydrogen) atoms. The Kier molecular flexibility index (Phi) is 4.98. The summed E-state index contributed by atoms with van der Waals surface area (Å²) in [5.74, 6) is 0. The molecular weight excluding hydrogens is 440 g/mol. The van der Waals surface area contributed by atoms with Crippen molar-refractivity contribution in [2.24, 2.45) is 0 Å². The van der Waals surface area contributed by atoms with Gasteiger partial charge in [-0.1, -0.05) is 60.6 Å². The highest BCUT2D eigenvalue weighted by Gasteiger charge is 2.48. The molecule has 6 rings (SSSR count). The molecule has 0 bridgehead atoms. The Balaban J connectivity index is 1.46. The molecule has 2 aliphatic carbocycles. The largest absolute Gasteiger partial charge is 0.314 e. The molecule has 2 atom stereocenters. The SMILES string of the molecule is CC1=Cc2c(cc(C)n2-c2ccccc2)C1[Si](C)(C)C1C(C)=Cc2c1cc(C)n2-c1ccccc1. The summed E-state index contributed by atoms with van der Waals surface area (Å²) in [7, 11) is -1.85. The van der Waals surface area contributed by atoms with Gasteiger partial charge in [0.05, 0.1) is 8.07 Å². The highest BCUT2D eigenvalue weighted by molar-refractivity contribution is 6.81. The summed E-state index contributed by atoms with van der Waals surface area (Å²) in [6.07, 6.45) is 4.92. The van der Waals surface area contributed by atoms with Gasteiger partial charge in [0.2, 0.25) is 0 Å². The van der Waals surface area contributed by atoms with Gasteiger partial charge in [-0.25, -0.2) is 0 Å². The topological polar surface area (TPSA) is 9.86 Å². The molecule has 0 N–H and O–H groups in total. The molecule has 3 heteroatoms. The second kappa shape index (κ2) is 7.86. The number of aryl methyl sites for hydroxylation is 2. The summed E-state index contributed by atoms with van der Waals surface area (Å²) in [4.78, 5) is 0. The van der Waals surface area contributed by atoms with E-state index in [-0.39, 0.29) is 0 Å². The molecule has 0 aliphatic heterocycles. The van der Waals surface area contributed by atoms with Crippen LogP contribution in [0.2, 0.25) is 13.1 Å².